The van der Waals surface area contributed by atoms with E-state index in [9.17, 15) is 0 Å². The summed E-state index contributed by atoms with van der Waals surface area (Å²) in [6, 6.07) is 15.2. The zero-order valence-electron chi connectivity index (χ0n) is 17.7. The molecule has 1 N–H and O–H groups in total. The first-order chi connectivity index (χ1) is 14.8. The lowest BCUT2D eigenvalue weighted by atomic mass is 10.0. The minimum absolute atomic E-state index is 0.0899. The molecule has 1 saturated heterocycles. The number of rotatable bonds is 7. The van der Waals surface area contributed by atoms with E-state index in [1.807, 2.05) is 11.8 Å². The monoisotopic (exact) mass is 425 g/mol. The number of ether oxygens (including phenoxy) is 1. The van der Waals surface area contributed by atoms with Crippen LogP contribution < -0.4 is 0 Å². The first kappa shape index (κ1) is 21.4. The predicted octanol–water partition coefficient (Wildman–Crippen LogP) is 3.81. The third-order valence-corrected chi connectivity index (χ3v) is 6.75. The predicted molar refractivity (Wildman–Crippen MR) is 123 cm³/mol. The Balaban J connectivity index is 1.58. The fourth-order valence-corrected chi connectivity index (χ4v) is 5.16. The van der Waals surface area contributed by atoms with E-state index in [1.165, 1.54) is 20.9 Å². The van der Waals surface area contributed by atoms with Crippen LogP contribution >= 0.6 is 11.8 Å². The maximum Gasteiger partial charge on any atom is 0.138 e. The molecule has 0 aliphatic carbocycles. The van der Waals surface area contributed by atoms with Crippen molar-refractivity contribution >= 4 is 23.3 Å². The van der Waals surface area contributed by atoms with Gasteiger partial charge in [0.25, 0.3) is 0 Å². The molecule has 30 heavy (non-hydrogen) atoms. The van der Waals surface area contributed by atoms with Crippen molar-refractivity contribution in [2.45, 2.75) is 29.6 Å². The number of amidine groups is 1. The van der Waals surface area contributed by atoms with Gasteiger partial charge in [0.1, 0.15) is 5.84 Å². The van der Waals surface area contributed by atoms with Gasteiger partial charge in [-0.3, -0.25) is 4.90 Å². The molecular weight excluding hydrogens is 394 g/mol. The van der Waals surface area contributed by atoms with E-state index < -0.39 is 0 Å². The van der Waals surface area contributed by atoms with Crippen LogP contribution in [0.1, 0.15) is 24.5 Å². The molecule has 0 aromatic heterocycles. The third-order valence-electron chi connectivity index (χ3n) is 5.63. The number of piperazine rings is 1. The highest BCUT2D eigenvalue weighted by Crippen LogP contribution is 2.41. The summed E-state index contributed by atoms with van der Waals surface area (Å²) in [6.07, 6.45) is 2.20. The Morgan fingerprint density at radius 3 is 2.60 bits per heavy atom. The Hall–Kier alpha value is -1.86. The van der Waals surface area contributed by atoms with Crippen LogP contribution in [0.3, 0.4) is 0 Å². The molecule has 5 nitrogen and oxygen atoms in total. The molecule has 0 spiro atoms. The number of benzene rings is 2. The van der Waals surface area contributed by atoms with Crippen LogP contribution in [0.4, 0.5) is 5.69 Å². The molecule has 160 valence electrons. The second-order valence-corrected chi connectivity index (χ2v) is 8.79. The van der Waals surface area contributed by atoms with E-state index in [2.05, 4.69) is 59.2 Å². The molecular formula is C24H31N3O2S. The SMILES string of the molecule is CCCc1cccc2c1C(N1CCN(CCOCCO)CC1)=Nc1ccccc1S2. The fourth-order valence-electron chi connectivity index (χ4n) is 4.09. The summed E-state index contributed by atoms with van der Waals surface area (Å²) in [6.45, 7) is 8.27. The van der Waals surface area contributed by atoms with Crippen molar-refractivity contribution in [2.24, 2.45) is 4.99 Å². The minimum Gasteiger partial charge on any atom is -0.394 e. The number of hydrogen-bond acceptors (Lipinski definition) is 6. The number of aryl methyl sites for hydroxylation is 1. The van der Waals surface area contributed by atoms with Gasteiger partial charge in [-0.15, -0.1) is 0 Å². The number of para-hydroxylation sites is 1. The molecule has 6 heteroatoms. The third kappa shape index (κ3) is 4.89. The highest BCUT2D eigenvalue weighted by Gasteiger charge is 2.27. The summed E-state index contributed by atoms with van der Waals surface area (Å²) in [5.41, 5.74) is 3.78. The fraction of sp³-hybridized carbons (Fsp3) is 0.458. The number of aliphatic imine (C=N–C) groups is 1. The summed E-state index contributed by atoms with van der Waals surface area (Å²) < 4.78 is 5.44. The smallest absolute Gasteiger partial charge is 0.138 e. The summed E-state index contributed by atoms with van der Waals surface area (Å²) in [7, 11) is 0. The van der Waals surface area contributed by atoms with E-state index in [0.717, 1.165) is 57.1 Å². The lowest BCUT2D eigenvalue weighted by Crippen LogP contribution is -2.49. The van der Waals surface area contributed by atoms with Crippen LogP contribution in [0, 0.1) is 0 Å². The summed E-state index contributed by atoms with van der Waals surface area (Å²) in [4.78, 5) is 12.6. The highest BCUT2D eigenvalue weighted by molar-refractivity contribution is 7.99. The average Bonchev–Trinajstić information content (AvgIpc) is 2.95. The van der Waals surface area contributed by atoms with Crippen molar-refractivity contribution in [1.82, 2.24) is 9.80 Å². The van der Waals surface area contributed by atoms with Gasteiger partial charge in [0.05, 0.1) is 25.5 Å². The van der Waals surface area contributed by atoms with Gasteiger partial charge in [0.2, 0.25) is 0 Å². The van der Waals surface area contributed by atoms with Crippen LogP contribution in [0.5, 0.6) is 0 Å². The maximum absolute atomic E-state index is 8.86. The van der Waals surface area contributed by atoms with Gasteiger partial charge in [-0.25, -0.2) is 4.99 Å². The normalized spacial score (nSPS) is 16.6. The molecule has 1 fully saturated rings. The van der Waals surface area contributed by atoms with Gasteiger partial charge in [-0.1, -0.05) is 49.4 Å². The molecule has 0 unspecified atom stereocenters. The Morgan fingerprint density at radius 2 is 1.80 bits per heavy atom. The lowest BCUT2D eigenvalue weighted by Gasteiger charge is -2.37. The second-order valence-electron chi connectivity index (χ2n) is 7.71. The molecule has 2 aliphatic rings. The number of aliphatic hydroxyl groups is 1. The van der Waals surface area contributed by atoms with Crippen molar-refractivity contribution in [1.29, 1.82) is 0 Å². The van der Waals surface area contributed by atoms with Gasteiger partial charge < -0.3 is 14.7 Å². The molecule has 0 radical (unpaired) electrons. The van der Waals surface area contributed by atoms with Crippen LogP contribution in [0.25, 0.3) is 0 Å². The topological polar surface area (TPSA) is 48.3 Å². The van der Waals surface area contributed by atoms with Crippen molar-refractivity contribution in [3.05, 3.63) is 53.6 Å². The molecule has 0 bridgehead atoms. The van der Waals surface area contributed by atoms with E-state index >= 15 is 0 Å². The Morgan fingerprint density at radius 1 is 1.00 bits per heavy atom. The maximum atomic E-state index is 8.86. The van der Waals surface area contributed by atoms with Gasteiger partial charge in [0, 0.05) is 48.1 Å². The van der Waals surface area contributed by atoms with Crippen LogP contribution in [-0.4, -0.2) is 73.3 Å². The van der Waals surface area contributed by atoms with Gasteiger partial charge in [-0.2, -0.15) is 0 Å². The van der Waals surface area contributed by atoms with Gasteiger partial charge >= 0.3 is 0 Å². The van der Waals surface area contributed by atoms with Crippen molar-refractivity contribution in [3.8, 4) is 0 Å². The molecule has 0 saturated carbocycles. The molecule has 4 rings (SSSR count). The molecule has 2 aliphatic heterocycles. The lowest BCUT2D eigenvalue weighted by molar-refractivity contribution is 0.0652. The summed E-state index contributed by atoms with van der Waals surface area (Å²) in [5.74, 6) is 1.13. The standard InChI is InChI=1S/C24H31N3O2S/c1-2-6-19-7-5-10-22-23(19)24(25-20-8-3-4-9-21(20)30-22)27-13-11-26(12-14-27)15-17-29-18-16-28/h3-5,7-10,28H,2,6,11-18H2,1H3. The summed E-state index contributed by atoms with van der Waals surface area (Å²) >= 11 is 1.84. The molecule has 2 heterocycles. The number of fused-ring (bicyclic) bond motifs is 2. The molecule has 2 aromatic carbocycles. The van der Waals surface area contributed by atoms with Crippen LogP contribution in [0.2, 0.25) is 0 Å². The molecule has 2 aromatic rings. The van der Waals surface area contributed by atoms with E-state index in [0.29, 0.717) is 13.2 Å². The molecule has 0 atom stereocenters. The van der Waals surface area contributed by atoms with Crippen molar-refractivity contribution in [2.75, 3.05) is 52.5 Å². The Bertz CT molecular complexity index is 879. The first-order valence-electron chi connectivity index (χ1n) is 10.9. The Labute approximate surface area is 183 Å². The van der Waals surface area contributed by atoms with Crippen molar-refractivity contribution in [3.63, 3.8) is 0 Å². The average molecular weight is 426 g/mol. The van der Waals surface area contributed by atoms with E-state index in [1.54, 1.807) is 0 Å². The zero-order valence-corrected chi connectivity index (χ0v) is 18.5. The quantitative estimate of drug-likeness (QED) is 0.684. The number of hydrogen-bond donors (Lipinski definition) is 1. The number of aliphatic hydroxyl groups excluding tert-OH is 1. The van der Waals surface area contributed by atoms with E-state index in [4.69, 9.17) is 14.8 Å². The largest absolute Gasteiger partial charge is 0.394 e. The summed E-state index contributed by atoms with van der Waals surface area (Å²) in [5, 5.41) is 8.86. The highest BCUT2D eigenvalue weighted by atomic mass is 32.2. The van der Waals surface area contributed by atoms with Crippen molar-refractivity contribution < 1.29 is 9.84 Å². The zero-order chi connectivity index (χ0) is 20.8. The van der Waals surface area contributed by atoms with Crippen LogP contribution in [0.15, 0.2) is 57.2 Å². The van der Waals surface area contributed by atoms with Gasteiger partial charge in [-0.05, 0) is 30.2 Å². The Kier molecular flexibility index (Phi) is 7.44. The number of nitrogens with zero attached hydrogens (tertiary/aromatic N) is 3. The second kappa shape index (κ2) is 10.4. The van der Waals surface area contributed by atoms with Gasteiger partial charge in [0.15, 0.2) is 0 Å². The first-order valence-corrected chi connectivity index (χ1v) is 11.8. The van der Waals surface area contributed by atoms with Crippen LogP contribution in [-0.2, 0) is 11.2 Å². The van der Waals surface area contributed by atoms with E-state index in [-0.39, 0.29) is 6.61 Å². The molecule has 0 amide bonds. The minimum atomic E-state index is 0.0899.